The lowest BCUT2D eigenvalue weighted by atomic mass is 10.2. The van der Waals surface area contributed by atoms with Crippen molar-refractivity contribution in [3.63, 3.8) is 0 Å². The Bertz CT molecular complexity index is 1170. The molecule has 0 bridgehead atoms. The van der Waals surface area contributed by atoms with E-state index >= 15 is 0 Å². The van der Waals surface area contributed by atoms with E-state index in [2.05, 4.69) is 10.4 Å². The van der Waals surface area contributed by atoms with Gasteiger partial charge in [0.15, 0.2) is 0 Å². The molecule has 1 amide bonds. The molecule has 128 valence electrons. The number of nitrogens with zero attached hydrogens (tertiary/aromatic N) is 5. The summed E-state index contributed by atoms with van der Waals surface area (Å²) in [4.78, 5) is 24.5. The van der Waals surface area contributed by atoms with Gasteiger partial charge < -0.3 is 9.88 Å². The second-order valence-electron chi connectivity index (χ2n) is 6.14. The van der Waals surface area contributed by atoms with E-state index in [1.54, 1.807) is 40.1 Å². The van der Waals surface area contributed by atoms with Crippen molar-refractivity contribution >= 4 is 22.6 Å². The van der Waals surface area contributed by atoms with Crippen LogP contribution in [0.15, 0.2) is 41.6 Å². The van der Waals surface area contributed by atoms with Crippen LogP contribution in [-0.4, -0.2) is 29.2 Å². The van der Waals surface area contributed by atoms with Crippen molar-refractivity contribution in [1.82, 2.24) is 28.6 Å². The van der Waals surface area contributed by atoms with Crippen molar-refractivity contribution < 1.29 is 4.79 Å². The highest BCUT2D eigenvalue weighted by Crippen LogP contribution is 2.15. The SMILES string of the molecule is Cn1ccn2ncc(C(=O)NCc3ccc4c(c3)n(C)c(=O)n4C)c12. The fourth-order valence-electron chi connectivity index (χ4n) is 3.15. The fraction of sp³-hybridized carbons (Fsp3) is 0.235. The van der Waals surface area contributed by atoms with Crippen LogP contribution in [-0.2, 0) is 27.7 Å². The van der Waals surface area contributed by atoms with Crippen LogP contribution in [0.4, 0.5) is 0 Å². The van der Waals surface area contributed by atoms with Crippen LogP contribution in [0.5, 0.6) is 0 Å². The minimum atomic E-state index is -0.182. The van der Waals surface area contributed by atoms with Gasteiger partial charge in [0.25, 0.3) is 5.91 Å². The summed E-state index contributed by atoms with van der Waals surface area (Å²) in [7, 11) is 5.36. The maximum Gasteiger partial charge on any atom is 0.328 e. The Morgan fingerprint density at radius 2 is 1.88 bits per heavy atom. The summed E-state index contributed by atoms with van der Waals surface area (Å²) in [5, 5.41) is 7.09. The second kappa shape index (κ2) is 5.37. The van der Waals surface area contributed by atoms with E-state index in [4.69, 9.17) is 0 Å². The van der Waals surface area contributed by atoms with E-state index in [-0.39, 0.29) is 11.6 Å². The van der Waals surface area contributed by atoms with Gasteiger partial charge in [0.05, 0.1) is 17.2 Å². The molecule has 0 aliphatic heterocycles. The number of fused-ring (bicyclic) bond motifs is 2. The number of hydrogen-bond acceptors (Lipinski definition) is 3. The number of aryl methyl sites for hydroxylation is 3. The van der Waals surface area contributed by atoms with Crippen molar-refractivity contribution in [2.75, 3.05) is 0 Å². The third-order valence-electron chi connectivity index (χ3n) is 4.57. The first-order valence-corrected chi connectivity index (χ1v) is 7.88. The molecule has 0 aliphatic rings. The molecule has 3 aromatic heterocycles. The van der Waals surface area contributed by atoms with Gasteiger partial charge in [0.1, 0.15) is 11.2 Å². The van der Waals surface area contributed by atoms with Crippen LogP contribution in [0.1, 0.15) is 15.9 Å². The van der Waals surface area contributed by atoms with Gasteiger partial charge in [0, 0.05) is 40.1 Å². The molecule has 0 radical (unpaired) electrons. The predicted molar refractivity (Wildman–Crippen MR) is 93.5 cm³/mol. The number of benzene rings is 1. The molecule has 25 heavy (non-hydrogen) atoms. The van der Waals surface area contributed by atoms with Gasteiger partial charge in [-0.25, -0.2) is 9.31 Å². The molecule has 0 fully saturated rings. The normalized spacial score (nSPS) is 11.5. The molecule has 0 atom stereocenters. The van der Waals surface area contributed by atoms with E-state index in [1.165, 1.54) is 0 Å². The Balaban J connectivity index is 1.59. The first kappa shape index (κ1) is 15.3. The highest BCUT2D eigenvalue weighted by atomic mass is 16.2. The zero-order chi connectivity index (χ0) is 17.7. The van der Waals surface area contributed by atoms with Gasteiger partial charge >= 0.3 is 5.69 Å². The molecule has 4 aromatic rings. The lowest BCUT2D eigenvalue weighted by Crippen LogP contribution is -2.23. The molecule has 1 N–H and O–H groups in total. The number of amides is 1. The van der Waals surface area contributed by atoms with Crippen molar-refractivity contribution in [3.05, 3.63) is 58.4 Å². The van der Waals surface area contributed by atoms with Gasteiger partial charge in [-0.3, -0.25) is 13.9 Å². The summed E-state index contributed by atoms with van der Waals surface area (Å²) in [6.45, 7) is 0.375. The number of hydrogen-bond donors (Lipinski definition) is 1. The summed E-state index contributed by atoms with van der Waals surface area (Å²) in [6, 6.07) is 5.73. The van der Waals surface area contributed by atoms with Crippen molar-refractivity contribution in [3.8, 4) is 0 Å². The average molecular weight is 338 g/mol. The molecular formula is C17H18N6O2. The lowest BCUT2D eigenvalue weighted by molar-refractivity contribution is 0.0952. The lowest BCUT2D eigenvalue weighted by Gasteiger charge is -2.06. The van der Waals surface area contributed by atoms with E-state index in [1.807, 2.05) is 36.0 Å². The van der Waals surface area contributed by atoms with Crippen LogP contribution in [0.3, 0.4) is 0 Å². The Labute approximate surface area is 142 Å². The third kappa shape index (κ3) is 2.25. The number of carbonyl (C=O) groups excluding carboxylic acids is 1. The van der Waals surface area contributed by atoms with E-state index in [0.717, 1.165) is 22.2 Å². The first-order chi connectivity index (χ1) is 12.0. The Hall–Kier alpha value is -3.29. The summed E-state index contributed by atoms with van der Waals surface area (Å²) in [5.41, 5.74) is 3.85. The summed E-state index contributed by atoms with van der Waals surface area (Å²) in [5.74, 6) is -0.182. The Kier molecular flexibility index (Phi) is 3.28. The smallest absolute Gasteiger partial charge is 0.328 e. The fourth-order valence-corrected chi connectivity index (χ4v) is 3.15. The number of carbonyl (C=O) groups is 1. The van der Waals surface area contributed by atoms with Gasteiger partial charge in [-0.15, -0.1) is 0 Å². The number of nitrogens with one attached hydrogen (secondary N) is 1. The quantitative estimate of drug-likeness (QED) is 0.600. The van der Waals surface area contributed by atoms with Crippen molar-refractivity contribution in [2.24, 2.45) is 21.1 Å². The molecule has 0 aliphatic carbocycles. The standard InChI is InChI=1S/C17H18N6O2/c1-20-6-7-23-16(20)12(10-19-23)15(24)18-9-11-4-5-13-14(8-11)22(3)17(25)21(13)2/h4-8,10H,9H2,1-3H3,(H,18,24). The highest BCUT2D eigenvalue weighted by Gasteiger charge is 2.15. The maximum atomic E-state index is 12.5. The summed E-state index contributed by atoms with van der Waals surface area (Å²) in [6.07, 6.45) is 5.22. The van der Waals surface area contributed by atoms with Crippen molar-refractivity contribution in [2.45, 2.75) is 6.54 Å². The number of imidazole rings is 2. The summed E-state index contributed by atoms with van der Waals surface area (Å²) >= 11 is 0. The largest absolute Gasteiger partial charge is 0.348 e. The zero-order valence-electron chi connectivity index (χ0n) is 14.2. The van der Waals surface area contributed by atoms with Crippen LogP contribution in [0, 0.1) is 0 Å². The van der Waals surface area contributed by atoms with Crippen LogP contribution in [0.25, 0.3) is 16.7 Å². The molecule has 8 heteroatoms. The topological polar surface area (TPSA) is 78.3 Å². The minimum absolute atomic E-state index is 0.0674. The molecule has 1 aromatic carbocycles. The number of aromatic nitrogens is 5. The maximum absolute atomic E-state index is 12.5. The molecule has 8 nitrogen and oxygen atoms in total. The van der Waals surface area contributed by atoms with E-state index < -0.39 is 0 Å². The predicted octanol–water partition coefficient (Wildman–Crippen LogP) is 0.793. The molecule has 0 saturated carbocycles. The molecule has 4 rings (SSSR count). The first-order valence-electron chi connectivity index (χ1n) is 7.88. The summed E-state index contributed by atoms with van der Waals surface area (Å²) < 4.78 is 6.73. The second-order valence-corrected chi connectivity index (χ2v) is 6.14. The van der Waals surface area contributed by atoms with E-state index in [0.29, 0.717) is 12.1 Å². The average Bonchev–Trinajstić information content (AvgIpc) is 3.25. The van der Waals surface area contributed by atoms with Crippen LogP contribution < -0.4 is 11.0 Å². The molecule has 0 saturated heterocycles. The monoisotopic (exact) mass is 338 g/mol. The van der Waals surface area contributed by atoms with Gasteiger partial charge in [-0.2, -0.15) is 5.10 Å². The van der Waals surface area contributed by atoms with Crippen LogP contribution >= 0.6 is 0 Å². The highest BCUT2D eigenvalue weighted by molar-refractivity contribution is 5.99. The zero-order valence-corrected chi connectivity index (χ0v) is 14.2. The van der Waals surface area contributed by atoms with Gasteiger partial charge in [-0.05, 0) is 17.7 Å². The number of rotatable bonds is 3. The van der Waals surface area contributed by atoms with Gasteiger partial charge in [0.2, 0.25) is 0 Å². The molecular weight excluding hydrogens is 320 g/mol. The Morgan fingerprint density at radius 1 is 1.12 bits per heavy atom. The van der Waals surface area contributed by atoms with Crippen molar-refractivity contribution in [1.29, 1.82) is 0 Å². The van der Waals surface area contributed by atoms with E-state index in [9.17, 15) is 9.59 Å². The molecule has 0 spiro atoms. The minimum Gasteiger partial charge on any atom is -0.348 e. The third-order valence-corrected chi connectivity index (χ3v) is 4.57. The molecule has 0 unspecified atom stereocenters. The van der Waals surface area contributed by atoms with Gasteiger partial charge in [-0.1, -0.05) is 6.07 Å². The van der Waals surface area contributed by atoms with Crippen LogP contribution in [0.2, 0.25) is 0 Å². The Morgan fingerprint density at radius 3 is 2.68 bits per heavy atom. The molecule has 3 heterocycles.